The summed E-state index contributed by atoms with van der Waals surface area (Å²) >= 11 is 5.30. The Labute approximate surface area is 151 Å². The number of nitrogens with one attached hydrogen (secondary N) is 2. The van der Waals surface area contributed by atoms with Crippen molar-refractivity contribution in [3.05, 3.63) is 83.9 Å². The second kappa shape index (κ2) is 8.39. The molecule has 0 amide bonds. The Morgan fingerprint density at radius 2 is 1.80 bits per heavy atom. The first kappa shape index (κ1) is 17.1. The zero-order chi connectivity index (χ0) is 17.5. The van der Waals surface area contributed by atoms with Crippen LogP contribution < -0.4 is 10.6 Å². The Morgan fingerprint density at radius 1 is 1.04 bits per heavy atom. The van der Waals surface area contributed by atoms with E-state index in [9.17, 15) is 4.39 Å². The maximum Gasteiger partial charge on any atom is 0.170 e. The van der Waals surface area contributed by atoms with E-state index in [1.807, 2.05) is 24.4 Å². The molecule has 0 aliphatic rings. The molecule has 0 aliphatic carbocycles. The van der Waals surface area contributed by atoms with Crippen LogP contribution in [0.15, 0.2) is 67.0 Å². The van der Waals surface area contributed by atoms with Crippen molar-refractivity contribution in [1.82, 2.24) is 15.1 Å². The molecular weight excluding hydrogens is 335 g/mol. The molecular formula is C19H19FN4S. The number of halogens is 1. The van der Waals surface area contributed by atoms with E-state index in [0.717, 1.165) is 24.2 Å². The van der Waals surface area contributed by atoms with E-state index in [4.69, 9.17) is 12.2 Å². The van der Waals surface area contributed by atoms with Crippen molar-refractivity contribution < 1.29 is 4.39 Å². The molecule has 0 bridgehead atoms. The monoisotopic (exact) mass is 354 g/mol. The Hall–Kier alpha value is -2.73. The lowest BCUT2D eigenvalue weighted by Crippen LogP contribution is -2.30. The lowest BCUT2D eigenvalue weighted by Gasteiger charge is -2.08. The van der Waals surface area contributed by atoms with E-state index in [-0.39, 0.29) is 5.82 Å². The first-order valence-electron chi connectivity index (χ1n) is 8.05. The Morgan fingerprint density at radius 3 is 2.56 bits per heavy atom. The molecule has 0 fully saturated rings. The van der Waals surface area contributed by atoms with E-state index >= 15 is 0 Å². The van der Waals surface area contributed by atoms with Gasteiger partial charge in [-0.2, -0.15) is 5.10 Å². The molecule has 128 valence electrons. The summed E-state index contributed by atoms with van der Waals surface area (Å²) in [6, 6.07) is 16.7. The van der Waals surface area contributed by atoms with Crippen LogP contribution >= 0.6 is 12.2 Å². The van der Waals surface area contributed by atoms with Crippen molar-refractivity contribution >= 4 is 23.0 Å². The van der Waals surface area contributed by atoms with Gasteiger partial charge in [0.05, 0.1) is 18.4 Å². The SMILES string of the molecule is Fc1ccc(Cn2cc(NC(=S)NCCc3ccccc3)cn2)cc1. The number of aromatic nitrogens is 2. The van der Waals surface area contributed by atoms with Gasteiger partial charge in [0.15, 0.2) is 5.11 Å². The number of hydrogen-bond donors (Lipinski definition) is 2. The van der Waals surface area contributed by atoms with Gasteiger partial charge in [0, 0.05) is 12.7 Å². The fourth-order valence-electron chi connectivity index (χ4n) is 2.43. The summed E-state index contributed by atoms with van der Waals surface area (Å²) in [6.07, 6.45) is 4.50. The number of benzene rings is 2. The predicted molar refractivity (Wildman–Crippen MR) is 102 cm³/mol. The third kappa shape index (κ3) is 5.39. The highest BCUT2D eigenvalue weighted by molar-refractivity contribution is 7.80. The standard InChI is InChI=1S/C19H19FN4S/c20-17-8-6-16(7-9-17)13-24-14-18(12-22-24)23-19(25)21-11-10-15-4-2-1-3-5-15/h1-9,12,14H,10-11,13H2,(H2,21,23,25). The summed E-state index contributed by atoms with van der Waals surface area (Å²) in [5.74, 6) is -0.238. The van der Waals surface area contributed by atoms with Gasteiger partial charge < -0.3 is 10.6 Å². The van der Waals surface area contributed by atoms with Crippen LogP contribution in [0.3, 0.4) is 0 Å². The second-order valence-electron chi connectivity index (χ2n) is 5.67. The molecule has 3 aromatic rings. The molecule has 0 saturated heterocycles. The van der Waals surface area contributed by atoms with Gasteiger partial charge in [0.2, 0.25) is 0 Å². The summed E-state index contributed by atoms with van der Waals surface area (Å²) in [5.41, 5.74) is 3.07. The Bertz CT molecular complexity index is 815. The molecule has 0 spiro atoms. The highest BCUT2D eigenvalue weighted by Gasteiger charge is 2.02. The van der Waals surface area contributed by atoms with Crippen molar-refractivity contribution in [2.75, 3.05) is 11.9 Å². The average molecular weight is 354 g/mol. The highest BCUT2D eigenvalue weighted by Crippen LogP contribution is 2.09. The van der Waals surface area contributed by atoms with Crippen LogP contribution in [0.5, 0.6) is 0 Å². The quantitative estimate of drug-likeness (QED) is 0.664. The van der Waals surface area contributed by atoms with E-state index in [1.54, 1.807) is 23.0 Å². The number of anilines is 1. The van der Waals surface area contributed by atoms with Gasteiger partial charge in [-0.05, 0) is 41.9 Å². The topological polar surface area (TPSA) is 41.9 Å². The summed E-state index contributed by atoms with van der Waals surface area (Å²) in [6.45, 7) is 1.34. The van der Waals surface area contributed by atoms with Crippen LogP contribution in [0.2, 0.25) is 0 Å². The molecule has 0 radical (unpaired) electrons. The lowest BCUT2D eigenvalue weighted by atomic mass is 10.1. The van der Waals surface area contributed by atoms with Crippen LogP contribution in [-0.2, 0) is 13.0 Å². The van der Waals surface area contributed by atoms with E-state index in [0.29, 0.717) is 11.7 Å². The molecule has 1 heterocycles. The van der Waals surface area contributed by atoms with Crippen LogP contribution in [0.4, 0.5) is 10.1 Å². The van der Waals surface area contributed by atoms with Crippen LogP contribution in [0, 0.1) is 5.82 Å². The van der Waals surface area contributed by atoms with Gasteiger partial charge in [0.25, 0.3) is 0 Å². The molecule has 6 heteroatoms. The van der Waals surface area contributed by atoms with Gasteiger partial charge in [0.1, 0.15) is 5.82 Å². The van der Waals surface area contributed by atoms with Gasteiger partial charge in [-0.25, -0.2) is 4.39 Å². The van der Waals surface area contributed by atoms with Gasteiger partial charge in [-0.1, -0.05) is 42.5 Å². The second-order valence-corrected chi connectivity index (χ2v) is 6.08. The van der Waals surface area contributed by atoms with Crippen molar-refractivity contribution in [2.24, 2.45) is 0 Å². The molecule has 0 aliphatic heterocycles. The third-order valence-electron chi connectivity index (χ3n) is 3.69. The number of nitrogens with zero attached hydrogens (tertiary/aromatic N) is 2. The van der Waals surface area contributed by atoms with Crippen molar-refractivity contribution in [2.45, 2.75) is 13.0 Å². The molecule has 2 aromatic carbocycles. The predicted octanol–water partition coefficient (Wildman–Crippen LogP) is 3.60. The third-order valence-corrected chi connectivity index (χ3v) is 3.94. The summed E-state index contributed by atoms with van der Waals surface area (Å²) in [4.78, 5) is 0. The van der Waals surface area contributed by atoms with Gasteiger partial charge in [-0.15, -0.1) is 0 Å². The van der Waals surface area contributed by atoms with Crippen molar-refractivity contribution in [3.63, 3.8) is 0 Å². The maximum atomic E-state index is 12.9. The van der Waals surface area contributed by atoms with Crippen LogP contribution in [0.25, 0.3) is 0 Å². The maximum absolute atomic E-state index is 12.9. The average Bonchev–Trinajstić information content (AvgIpc) is 3.05. The fourth-order valence-corrected chi connectivity index (χ4v) is 2.65. The molecule has 2 N–H and O–H groups in total. The minimum atomic E-state index is -0.238. The fraction of sp³-hybridized carbons (Fsp3) is 0.158. The number of rotatable bonds is 6. The molecule has 1 aromatic heterocycles. The van der Waals surface area contributed by atoms with Gasteiger partial charge >= 0.3 is 0 Å². The molecule has 3 rings (SSSR count). The summed E-state index contributed by atoms with van der Waals surface area (Å²) < 4.78 is 14.7. The van der Waals surface area contributed by atoms with E-state index in [1.165, 1.54) is 17.7 Å². The van der Waals surface area contributed by atoms with Crippen molar-refractivity contribution in [1.29, 1.82) is 0 Å². The minimum absolute atomic E-state index is 0.238. The highest BCUT2D eigenvalue weighted by atomic mass is 32.1. The summed E-state index contributed by atoms with van der Waals surface area (Å²) in [7, 11) is 0. The smallest absolute Gasteiger partial charge is 0.170 e. The van der Waals surface area contributed by atoms with Crippen LogP contribution in [-0.4, -0.2) is 21.4 Å². The first-order valence-corrected chi connectivity index (χ1v) is 8.45. The van der Waals surface area contributed by atoms with E-state index in [2.05, 4.69) is 27.9 Å². The summed E-state index contributed by atoms with van der Waals surface area (Å²) in [5, 5.41) is 11.2. The van der Waals surface area contributed by atoms with Crippen molar-refractivity contribution in [3.8, 4) is 0 Å². The molecule has 0 atom stereocenters. The molecule has 0 saturated carbocycles. The van der Waals surface area contributed by atoms with Crippen LogP contribution in [0.1, 0.15) is 11.1 Å². The lowest BCUT2D eigenvalue weighted by molar-refractivity contribution is 0.624. The zero-order valence-electron chi connectivity index (χ0n) is 13.7. The normalized spacial score (nSPS) is 10.4. The Kier molecular flexibility index (Phi) is 5.74. The Balaban J connectivity index is 1.45. The molecule has 0 unspecified atom stereocenters. The van der Waals surface area contributed by atoms with Gasteiger partial charge in [-0.3, -0.25) is 4.68 Å². The van der Waals surface area contributed by atoms with E-state index < -0.39 is 0 Å². The molecule has 25 heavy (non-hydrogen) atoms. The number of thiocarbonyl (C=S) groups is 1. The number of hydrogen-bond acceptors (Lipinski definition) is 2. The zero-order valence-corrected chi connectivity index (χ0v) is 14.5. The largest absolute Gasteiger partial charge is 0.362 e. The minimum Gasteiger partial charge on any atom is -0.362 e. The first-order chi connectivity index (χ1) is 12.2. The molecule has 4 nitrogen and oxygen atoms in total.